The first-order valence-corrected chi connectivity index (χ1v) is 11.1. The highest BCUT2D eigenvalue weighted by Gasteiger charge is 2.42. The van der Waals surface area contributed by atoms with Crippen molar-refractivity contribution in [2.75, 3.05) is 6.61 Å². The lowest BCUT2D eigenvalue weighted by Crippen LogP contribution is -2.36. The molecule has 2 aliphatic rings. The van der Waals surface area contributed by atoms with Gasteiger partial charge in [0.05, 0.1) is 18.1 Å². The van der Waals surface area contributed by atoms with Crippen molar-refractivity contribution in [3.05, 3.63) is 94.1 Å². The molecule has 0 bridgehead atoms. The lowest BCUT2D eigenvalue weighted by molar-refractivity contribution is -0.140. The van der Waals surface area contributed by atoms with E-state index in [2.05, 4.69) is 5.32 Å². The maximum atomic E-state index is 15.0. The van der Waals surface area contributed by atoms with Gasteiger partial charge in [-0.3, -0.25) is 4.79 Å². The number of nitrogens with one attached hydrogen (secondary N) is 1. The number of dihydropyridines is 1. The van der Waals surface area contributed by atoms with Crippen LogP contribution in [0, 0.1) is 11.7 Å². The van der Waals surface area contributed by atoms with Gasteiger partial charge in [-0.25, -0.2) is 9.18 Å². The standard InChI is InChI=1S/C27H28FNO3/c1-16(2)15-32-27(31)24-17(3)29-22-13-19(18-9-5-4-6-10-18)14-23(30)26(22)25(24)20-11-7-8-12-21(20)28/h4-12,16,19,25,29H,13-15H2,1-3H3/t19-,25+/m1/s1. The van der Waals surface area contributed by atoms with Gasteiger partial charge in [0.2, 0.25) is 0 Å². The zero-order valence-electron chi connectivity index (χ0n) is 18.7. The second kappa shape index (κ2) is 9.11. The monoisotopic (exact) mass is 433 g/mol. The number of rotatable bonds is 5. The quantitative estimate of drug-likeness (QED) is 0.643. The van der Waals surface area contributed by atoms with Crippen molar-refractivity contribution in [2.24, 2.45) is 5.92 Å². The van der Waals surface area contributed by atoms with E-state index in [1.165, 1.54) is 6.07 Å². The van der Waals surface area contributed by atoms with Crippen molar-refractivity contribution in [3.8, 4) is 0 Å². The molecule has 1 heterocycles. The number of benzene rings is 2. The van der Waals surface area contributed by atoms with E-state index in [1.54, 1.807) is 25.1 Å². The second-order valence-corrected chi connectivity index (χ2v) is 8.94. The summed E-state index contributed by atoms with van der Waals surface area (Å²) in [6.45, 7) is 5.96. The predicted molar refractivity (Wildman–Crippen MR) is 121 cm³/mol. The van der Waals surface area contributed by atoms with Crippen LogP contribution in [0.2, 0.25) is 0 Å². The summed E-state index contributed by atoms with van der Waals surface area (Å²) in [5, 5.41) is 3.30. The molecule has 166 valence electrons. The Morgan fingerprint density at radius 1 is 1.09 bits per heavy atom. The lowest BCUT2D eigenvalue weighted by atomic mass is 9.71. The molecule has 4 nitrogen and oxygen atoms in total. The fraction of sp³-hybridized carbons (Fsp3) is 0.333. The molecular formula is C27H28FNO3. The van der Waals surface area contributed by atoms with Crippen LogP contribution in [0.25, 0.3) is 0 Å². The molecule has 0 saturated heterocycles. The van der Waals surface area contributed by atoms with Crippen LogP contribution in [0.4, 0.5) is 4.39 Å². The van der Waals surface area contributed by atoms with Gasteiger partial charge in [-0.1, -0.05) is 62.4 Å². The Hall–Kier alpha value is -3.21. The van der Waals surface area contributed by atoms with E-state index in [0.717, 1.165) is 11.3 Å². The average Bonchev–Trinajstić information content (AvgIpc) is 2.77. The van der Waals surface area contributed by atoms with E-state index in [-0.39, 0.29) is 24.2 Å². The third-order valence-corrected chi connectivity index (χ3v) is 6.08. The predicted octanol–water partition coefficient (Wildman–Crippen LogP) is 5.39. The molecule has 0 aromatic heterocycles. The molecule has 4 rings (SSSR count). The minimum absolute atomic E-state index is 0.0402. The Bertz CT molecular complexity index is 1100. The van der Waals surface area contributed by atoms with Gasteiger partial charge in [-0.05, 0) is 36.8 Å². The van der Waals surface area contributed by atoms with E-state index in [9.17, 15) is 14.0 Å². The van der Waals surface area contributed by atoms with Crippen LogP contribution in [0.1, 0.15) is 56.6 Å². The zero-order valence-corrected chi connectivity index (χ0v) is 18.7. The summed E-state index contributed by atoms with van der Waals surface area (Å²) in [5.74, 6) is -1.59. The zero-order chi connectivity index (χ0) is 22.8. The van der Waals surface area contributed by atoms with Gasteiger partial charge < -0.3 is 10.1 Å². The molecule has 0 unspecified atom stereocenters. The summed E-state index contributed by atoms with van der Waals surface area (Å²) in [6, 6.07) is 16.3. The van der Waals surface area contributed by atoms with Gasteiger partial charge in [0.15, 0.2) is 5.78 Å². The number of hydrogen-bond acceptors (Lipinski definition) is 4. The van der Waals surface area contributed by atoms with Crippen molar-refractivity contribution in [2.45, 2.75) is 45.4 Å². The highest BCUT2D eigenvalue weighted by molar-refractivity contribution is 6.04. The second-order valence-electron chi connectivity index (χ2n) is 8.94. The van der Waals surface area contributed by atoms with Crippen molar-refractivity contribution in [1.29, 1.82) is 0 Å². The first-order valence-electron chi connectivity index (χ1n) is 11.1. The van der Waals surface area contributed by atoms with Crippen molar-refractivity contribution >= 4 is 11.8 Å². The highest BCUT2D eigenvalue weighted by atomic mass is 19.1. The number of carbonyl (C=O) groups excluding carboxylic acids is 2. The third kappa shape index (κ3) is 4.24. The number of ketones is 1. The number of hydrogen-bond donors (Lipinski definition) is 1. The summed E-state index contributed by atoms with van der Waals surface area (Å²) in [7, 11) is 0. The Balaban J connectivity index is 1.78. The molecule has 0 amide bonds. The van der Waals surface area contributed by atoms with Crippen LogP contribution >= 0.6 is 0 Å². The molecule has 2 aromatic rings. The number of ether oxygens (including phenoxy) is 1. The molecule has 0 radical (unpaired) electrons. The van der Waals surface area contributed by atoms with Crippen molar-refractivity contribution in [3.63, 3.8) is 0 Å². The minimum atomic E-state index is -0.781. The number of allylic oxidation sites excluding steroid dienone is 3. The molecule has 0 spiro atoms. The number of Topliss-reactive ketones (excluding diaryl/α,β-unsaturated/α-hetero) is 1. The van der Waals surface area contributed by atoms with Gasteiger partial charge in [0.1, 0.15) is 5.82 Å². The van der Waals surface area contributed by atoms with Gasteiger partial charge in [0.25, 0.3) is 0 Å². The van der Waals surface area contributed by atoms with E-state index >= 15 is 0 Å². The third-order valence-electron chi connectivity index (χ3n) is 6.08. The van der Waals surface area contributed by atoms with Crippen LogP contribution in [-0.4, -0.2) is 18.4 Å². The van der Waals surface area contributed by atoms with Crippen LogP contribution in [0.5, 0.6) is 0 Å². The number of halogens is 1. The van der Waals surface area contributed by atoms with E-state index in [1.807, 2.05) is 44.2 Å². The summed E-state index contributed by atoms with van der Waals surface area (Å²) in [4.78, 5) is 26.6. The van der Waals surface area contributed by atoms with Gasteiger partial charge >= 0.3 is 5.97 Å². The first kappa shape index (κ1) is 22.0. The number of esters is 1. The van der Waals surface area contributed by atoms with Gasteiger partial charge in [0, 0.05) is 29.0 Å². The average molecular weight is 434 g/mol. The van der Waals surface area contributed by atoms with Crippen LogP contribution < -0.4 is 5.32 Å². The molecule has 0 fully saturated rings. The SMILES string of the molecule is CC1=C(C(=O)OCC(C)C)[C@H](c2ccccc2F)C2=C(C[C@@H](c3ccccc3)CC2=O)N1. The summed E-state index contributed by atoms with van der Waals surface area (Å²) >= 11 is 0. The largest absolute Gasteiger partial charge is 0.462 e. The van der Waals surface area contributed by atoms with Crippen molar-refractivity contribution < 1.29 is 18.7 Å². The molecule has 5 heteroatoms. The van der Waals surface area contributed by atoms with Crippen LogP contribution in [-0.2, 0) is 14.3 Å². The summed E-state index contributed by atoms with van der Waals surface area (Å²) < 4.78 is 20.5. The maximum absolute atomic E-state index is 15.0. The minimum Gasteiger partial charge on any atom is -0.462 e. The Kier molecular flexibility index (Phi) is 6.26. The lowest BCUT2D eigenvalue weighted by Gasteiger charge is -2.36. The molecule has 2 atom stereocenters. The first-order chi connectivity index (χ1) is 15.4. The number of carbonyl (C=O) groups is 2. The molecule has 2 aromatic carbocycles. The fourth-order valence-electron chi connectivity index (χ4n) is 4.61. The van der Waals surface area contributed by atoms with E-state index in [4.69, 9.17) is 4.74 Å². The van der Waals surface area contributed by atoms with Gasteiger partial charge in [-0.15, -0.1) is 0 Å². The normalized spacial score (nSPS) is 20.8. The Morgan fingerprint density at radius 3 is 2.47 bits per heavy atom. The van der Waals surface area contributed by atoms with E-state index < -0.39 is 17.7 Å². The van der Waals surface area contributed by atoms with Crippen LogP contribution in [0.3, 0.4) is 0 Å². The maximum Gasteiger partial charge on any atom is 0.336 e. The highest BCUT2D eigenvalue weighted by Crippen LogP contribution is 2.46. The summed E-state index contributed by atoms with van der Waals surface area (Å²) in [6.07, 6.45) is 0.949. The van der Waals surface area contributed by atoms with Crippen molar-refractivity contribution in [1.82, 2.24) is 5.32 Å². The summed E-state index contributed by atoms with van der Waals surface area (Å²) in [5.41, 5.74) is 3.57. The fourth-order valence-corrected chi connectivity index (χ4v) is 4.61. The van der Waals surface area contributed by atoms with Crippen LogP contribution in [0.15, 0.2) is 77.1 Å². The molecule has 1 aliphatic carbocycles. The molecular weight excluding hydrogens is 405 g/mol. The topological polar surface area (TPSA) is 55.4 Å². The molecule has 1 aliphatic heterocycles. The molecule has 0 saturated carbocycles. The van der Waals surface area contributed by atoms with E-state index in [0.29, 0.717) is 35.2 Å². The Morgan fingerprint density at radius 2 is 1.78 bits per heavy atom. The molecule has 1 N–H and O–H groups in total. The van der Waals surface area contributed by atoms with Gasteiger partial charge in [-0.2, -0.15) is 0 Å². The Labute approximate surface area is 188 Å². The molecule has 32 heavy (non-hydrogen) atoms. The smallest absolute Gasteiger partial charge is 0.336 e.